The number of nitrogens with one attached hydrogen (secondary N) is 1. The summed E-state index contributed by atoms with van der Waals surface area (Å²) in [5.41, 5.74) is 1.33. The maximum atomic E-state index is 12.1. The van der Waals surface area contributed by atoms with Crippen LogP contribution >= 0.6 is 0 Å². The van der Waals surface area contributed by atoms with E-state index in [0.717, 1.165) is 24.8 Å². The van der Waals surface area contributed by atoms with Crippen LogP contribution < -0.4 is 5.32 Å². The van der Waals surface area contributed by atoms with Gasteiger partial charge in [-0.3, -0.25) is 9.59 Å². The van der Waals surface area contributed by atoms with E-state index >= 15 is 0 Å². The molecule has 2 rings (SSSR count). The lowest BCUT2D eigenvalue weighted by Gasteiger charge is -2.31. The molecule has 114 valence electrons. The fourth-order valence-corrected chi connectivity index (χ4v) is 3.03. The van der Waals surface area contributed by atoms with Crippen molar-refractivity contribution < 1.29 is 14.7 Å². The minimum atomic E-state index is -0.850. The molecule has 4 nitrogen and oxygen atoms in total. The smallest absolute Gasteiger partial charge is 0.227 e. The van der Waals surface area contributed by atoms with Crippen molar-refractivity contribution in [1.29, 1.82) is 0 Å². The number of carbonyl (C=O) groups is 2. The van der Waals surface area contributed by atoms with Gasteiger partial charge in [0.05, 0.1) is 12.0 Å². The van der Waals surface area contributed by atoms with Crippen LogP contribution in [-0.2, 0) is 4.79 Å². The Morgan fingerprint density at radius 1 is 1.24 bits per heavy atom. The first-order valence-electron chi connectivity index (χ1n) is 7.53. The second kappa shape index (κ2) is 6.39. The molecule has 0 saturated heterocycles. The van der Waals surface area contributed by atoms with Crippen LogP contribution in [-0.4, -0.2) is 22.4 Å². The van der Waals surface area contributed by atoms with E-state index in [1.54, 1.807) is 18.2 Å². The quantitative estimate of drug-likeness (QED) is 0.836. The summed E-state index contributed by atoms with van der Waals surface area (Å²) >= 11 is 0. The minimum Gasteiger partial charge on any atom is -0.389 e. The van der Waals surface area contributed by atoms with Crippen LogP contribution in [0, 0.1) is 6.92 Å². The Morgan fingerprint density at radius 2 is 1.90 bits per heavy atom. The lowest BCUT2D eigenvalue weighted by Crippen LogP contribution is -2.35. The average molecular weight is 289 g/mol. The number of anilines is 1. The van der Waals surface area contributed by atoms with Gasteiger partial charge in [-0.15, -0.1) is 0 Å². The van der Waals surface area contributed by atoms with Gasteiger partial charge in [0.25, 0.3) is 0 Å². The van der Waals surface area contributed by atoms with E-state index in [4.69, 9.17) is 0 Å². The SMILES string of the molecule is CC(=O)c1ccc(NC(=O)CC2(O)CCCCC2)cc1C. The van der Waals surface area contributed by atoms with Gasteiger partial charge in [-0.1, -0.05) is 19.3 Å². The molecule has 1 aromatic carbocycles. The Balaban J connectivity index is 1.99. The second-order valence-electron chi connectivity index (χ2n) is 6.10. The highest BCUT2D eigenvalue weighted by molar-refractivity contribution is 5.97. The molecule has 0 unspecified atom stereocenters. The minimum absolute atomic E-state index is 0.0156. The average Bonchev–Trinajstić information content (AvgIpc) is 2.38. The molecule has 1 aliphatic rings. The molecule has 0 atom stereocenters. The number of benzene rings is 1. The van der Waals surface area contributed by atoms with Crippen LogP contribution in [0.15, 0.2) is 18.2 Å². The molecule has 1 saturated carbocycles. The summed E-state index contributed by atoms with van der Waals surface area (Å²) in [5.74, 6) is -0.156. The third kappa shape index (κ3) is 4.14. The zero-order valence-electron chi connectivity index (χ0n) is 12.7. The first-order valence-corrected chi connectivity index (χ1v) is 7.53. The van der Waals surface area contributed by atoms with E-state index in [2.05, 4.69) is 5.32 Å². The highest BCUT2D eigenvalue weighted by Gasteiger charge is 2.31. The first kappa shape index (κ1) is 15.7. The number of aliphatic hydroxyl groups is 1. The summed E-state index contributed by atoms with van der Waals surface area (Å²) in [7, 11) is 0. The Morgan fingerprint density at radius 3 is 2.48 bits per heavy atom. The van der Waals surface area contributed by atoms with Gasteiger partial charge in [0.1, 0.15) is 0 Å². The molecule has 1 aliphatic carbocycles. The summed E-state index contributed by atoms with van der Waals surface area (Å²) in [6, 6.07) is 5.24. The monoisotopic (exact) mass is 289 g/mol. The standard InChI is InChI=1S/C17H23NO3/c1-12-10-14(6-7-15(12)13(2)19)18-16(20)11-17(21)8-4-3-5-9-17/h6-7,10,21H,3-5,8-9,11H2,1-2H3,(H,18,20). The molecule has 0 aliphatic heterocycles. The van der Waals surface area contributed by atoms with Gasteiger partial charge in [-0.2, -0.15) is 0 Å². The number of rotatable bonds is 4. The number of amides is 1. The van der Waals surface area contributed by atoms with Crippen molar-refractivity contribution >= 4 is 17.4 Å². The largest absolute Gasteiger partial charge is 0.389 e. The topological polar surface area (TPSA) is 66.4 Å². The van der Waals surface area contributed by atoms with Gasteiger partial charge >= 0.3 is 0 Å². The Bertz CT molecular complexity index is 545. The van der Waals surface area contributed by atoms with Crippen molar-refractivity contribution in [2.45, 2.75) is 58.0 Å². The second-order valence-corrected chi connectivity index (χ2v) is 6.10. The predicted molar refractivity (Wildman–Crippen MR) is 82.5 cm³/mol. The van der Waals surface area contributed by atoms with Crippen LogP contribution in [0.1, 0.15) is 61.4 Å². The number of Topliss-reactive ketones (excluding diaryl/α,β-unsaturated/α-hetero) is 1. The summed E-state index contributed by atoms with van der Waals surface area (Å²) in [5, 5.41) is 13.2. The molecule has 21 heavy (non-hydrogen) atoms. The zero-order valence-corrected chi connectivity index (χ0v) is 12.7. The summed E-state index contributed by atoms with van der Waals surface area (Å²) < 4.78 is 0. The fraction of sp³-hybridized carbons (Fsp3) is 0.529. The Kier molecular flexibility index (Phi) is 4.78. The van der Waals surface area contributed by atoms with Crippen molar-refractivity contribution in [2.24, 2.45) is 0 Å². The lowest BCUT2D eigenvalue weighted by molar-refractivity contribution is -0.122. The molecule has 1 fully saturated rings. The van der Waals surface area contributed by atoms with Crippen LogP contribution in [0.2, 0.25) is 0 Å². The van der Waals surface area contributed by atoms with Gasteiger partial charge in [-0.25, -0.2) is 0 Å². The molecule has 0 radical (unpaired) electrons. The van der Waals surface area contributed by atoms with Crippen molar-refractivity contribution in [3.63, 3.8) is 0 Å². The van der Waals surface area contributed by atoms with E-state index in [1.165, 1.54) is 6.92 Å². The Labute approximate surface area is 125 Å². The predicted octanol–water partition coefficient (Wildman–Crippen LogP) is 3.22. The van der Waals surface area contributed by atoms with Crippen molar-refractivity contribution in [2.75, 3.05) is 5.32 Å². The summed E-state index contributed by atoms with van der Waals surface area (Å²) in [6.45, 7) is 3.38. The van der Waals surface area contributed by atoms with Gasteiger partial charge in [-0.05, 0) is 50.5 Å². The normalized spacial score (nSPS) is 17.3. The summed E-state index contributed by atoms with van der Waals surface area (Å²) in [4.78, 5) is 23.5. The molecule has 0 bridgehead atoms. The van der Waals surface area contributed by atoms with Gasteiger partial charge < -0.3 is 10.4 Å². The van der Waals surface area contributed by atoms with Gasteiger partial charge in [0, 0.05) is 11.3 Å². The number of carbonyl (C=O) groups excluding carboxylic acids is 2. The summed E-state index contributed by atoms with van der Waals surface area (Å²) in [6.07, 6.45) is 4.63. The van der Waals surface area contributed by atoms with Crippen molar-refractivity contribution in [3.05, 3.63) is 29.3 Å². The Hall–Kier alpha value is -1.68. The maximum Gasteiger partial charge on any atom is 0.227 e. The van der Waals surface area contributed by atoms with E-state index in [9.17, 15) is 14.7 Å². The molecule has 0 heterocycles. The van der Waals surface area contributed by atoms with Crippen LogP contribution in [0.25, 0.3) is 0 Å². The van der Waals surface area contributed by atoms with Crippen molar-refractivity contribution in [3.8, 4) is 0 Å². The number of hydrogen-bond acceptors (Lipinski definition) is 3. The van der Waals surface area contributed by atoms with Crippen LogP contribution in [0.5, 0.6) is 0 Å². The van der Waals surface area contributed by atoms with Crippen molar-refractivity contribution in [1.82, 2.24) is 0 Å². The van der Waals surface area contributed by atoms with E-state index in [0.29, 0.717) is 24.1 Å². The third-order valence-corrected chi connectivity index (χ3v) is 4.16. The molecule has 0 spiro atoms. The number of aryl methyl sites for hydroxylation is 1. The molecule has 0 aromatic heterocycles. The molecular formula is C17H23NO3. The lowest BCUT2D eigenvalue weighted by atomic mass is 9.82. The molecular weight excluding hydrogens is 266 g/mol. The fourth-order valence-electron chi connectivity index (χ4n) is 3.03. The highest BCUT2D eigenvalue weighted by atomic mass is 16.3. The highest BCUT2D eigenvalue weighted by Crippen LogP contribution is 2.31. The molecule has 1 aromatic rings. The number of ketones is 1. The zero-order chi connectivity index (χ0) is 15.5. The van der Waals surface area contributed by atoms with E-state index < -0.39 is 5.60 Å². The first-order chi connectivity index (χ1) is 9.89. The molecule has 1 amide bonds. The van der Waals surface area contributed by atoms with Crippen LogP contribution in [0.3, 0.4) is 0 Å². The van der Waals surface area contributed by atoms with E-state index in [1.807, 2.05) is 6.92 Å². The van der Waals surface area contributed by atoms with Gasteiger partial charge in [0.15, 0.2) is 5.78 Å². The maximum absolute atomic E-state index is 12.1. The van der Waals surface area contributed by atoms with E-state index in [-0.39, 0.29) is 18.1 Å². The van der Waals surface area contributed by atoms with Crippen LogP contribution in [0.4, 0.5) is 5.69 Å². The molecule has 4 heteroatoms. The number of hydrogen-bond donors (Lipinski definition) is 2. The molecule has 2 N–H and O–H groups in total. The third-order valence-electron chi connectivity index (χ3n) is 4.16. The van der Waals surface area contributed by atoms with Gasteiger partial charge in [0.2, 0.25) is 5.91 Å².